The molecule has 1 aromatic carbocycles. The van der Waals surface area contributed by atoms with Gasteiger partial charge in [0.2, 0.25) is 0 Å². The summed E-state index contributed by atoms with van der Waals surface area (Å²) in [6.45, 7) is 2.17. The van der Waals surface area contributed by atoms with Crippen molar-refractivity contribution in [2.75, 3.05) is 6.61 Å². The predicted molar refractivity (Wildman–Crippen MR) is 56.1 cm³/mol. The molecule has 0 saturated carbocycles. The SMILES string of the molecule is CCOC(=O)Cc1ccccc1CC#N. The van der Waals surface area contributed by atoms with Crippen LogP contribution in [0.3, 0.4) is 0 Å². The maximum atomic E-state index is 11.3. The second-order valence-electron chi connectivity index (χ2n) is 3.09. The molecule has 0 bridgehead atoms. The zero-order chi connectivity index (χ0) is 11.1. The van der Waals surface area contributed by atoms with Crippen LogP contribution in [0.25, 0.3) is 0 Å². The fraction of sp³-hybridized carbons (Fsp3) is 0.333. The maximum absolute atomic E-state index is 11.3. The first-order chi connectivity index (χ1) is 7.27. The summed E-state index contributed by atoms with van der Waals surface area (Å²) in [6.07, 6.45) is 0.571. The lowest BCUT2D eigenvalue weighted by Gasteiger charge is -2.05. The van der Waals surface area contributed by atoms with Gasteiger partial charge in [-0.3, -0.25) is 4.79 Å². The Morgan fingerprint density at radius 3 is 2.67 bits per heavy atom. The first-order valence-electron chi connectivity index (χ1n) is 4.87. The first-order valence-corrected chi connectivity index (χ1v) is 4.87. The van der Waals surface area contributed by atoms with Crippen LogP contribution in [0.15, 0.2) is 24.3 Å². The number of benzene rings is 1. The van der Waals surface area contributed by atoms with Crippen molar-refractivity contribution in [3.05, 3.63) is 35.4 Å². The third kappa shape index (κ3) is 3.43. The predicted octanol–water partition coefficient (Wildman–Crippen LogP) is 1.86. The molecule has 0 spiro atoms. The number of carbonyl (C=O) groups is 1. The Balaban J connectivity index is 2.76. The van der Waals surface area contributed by atoms with Crippen molar-refractivity contribution >= 4 is 5.97 Å². The van der Waals surface area contributed by atoms with Gasteiger partial charge < -0.3 is 4.74 Å². The summed E-state index contributed by atoms with van der Waals surface area (Å²) in [5, 5.41) is 8.62. The molecule has 0 atom stereocenters. The number of carbonyl (C=O) groups excluding carboxylic acids is 1. The monoisotopic (exact) mass is 203 g/mol. The topological polar surface area (TPSA) is 50.1 Å². The van der Waals surface area contributed by atoms with Crippen molar-refractivity contribution in [3.63, 3.8) is 0 Å². The van der Waals surface area contributed by atoms with Crippen LogP contribution in [0.5, 0.6) is 0 Å². The molecule has 0 N–H and O–H groups in total. The van der Waals surface area contributed by atoms with E-state index in [1.54, 1.807) is 6.92 Å². The van der Waals surface area contributed by atoms with Crippen LogP contribution in [0, 0.1) is 11.3 Å². The fourth-order valence-electron chi connectivity index (χ4n) is 1.36. The van der Waals surface area contributed by atoms with E-state index in [1.165, 1.54) is 0 Å². The summed E-state index contributed by atoms with van der Waals surface area (Å²) in [5.41, 5.74) is 1.77. The van der Waals surface area contributed by atoms with E-state index >= 15 is 0 Å². The summed E-state index contributed by atoms with van der Waals surface area (Å²) < 4.78 is 4.86. The van der Waals surface area contributed by atoms with E-state index in [2.05, 4.69) is 6.07 Å². The van der Waals surface area contributed by atoms with Crippen LogP contribution in [-0.4, -0.2) is 12.6 Å². The molecular weight excluding hydrogens is 190 g/mol. The van der Waals surface area contributed by atoms with Crippen molar-refractivity contribution in [1.82, 2.24) is 0 Å². The normalized spacial score (nSPS) is 9.33. The summed E-state index contributed by atoms with van der Waals surface area (Å²) >= 11 is 0. The highest BCUT2D eigenvalue weighted by Gasteiger charge is 2.07. The lowest BCUT2D eigenvalue weighted by molar-refractivity contribution is -0.142. The van der Waals surface area contributed by atoms with Crippen LogP contribution < -0.4 is 0 Å². The third-order valence-electron chi connectivity index (χ3n) is 2.03. The second kappa shape index (κ2) is 5.82. The molecule has 3 nitrogen and oxygen atoms in total. The molecule has 0 aromatic heterocycles. The number of esters is 1. The Labute approximate surface area is 89.3 Å². The number of hydrogen-bond donors (Lipinski definition) is 0. The van der Waals surface area contributed by atoms with Gasteiger partial charge in [-0.1, -0.05) is 24.3 Å². The van der Waals surface area contributed by atoms with Gasteiger partial charge in [-0.25, -0.2) is 0 Å². The van der Waals surface area contributed by atoms with Crippen molar-refractivity contribution in [2.24, 2.45) is 0 Å². The quantitative estimate of drug-likeness (QED) is 0.702. The Kier molecular flexibility index (Phi) is 4.36. The van der Waals surface area contributed by atoms with Crippen LogP contribution in [0.4, 0.5) is 0 Å². The Morgan fingerprint density at radius 1 is 1.40 bits per heavy atom. The van der Waals surface area contributed by atoms with Gasteiger partial charge in [0.1, 0.15) is 0 Å². The largest absolute Gasteiger partial charge is 0.466 e. The minimum Gasteiger partial charge on any atom is -0.466 e. The zero-order valence-electron chi connectivity index (χ0n) is 8.69. The van der Waals surface area contributed by atoms with Gasteiger partial charge in [-0.05, 0) is 18.1 Å². The van der Waals surface area contributed by atoms with Crippen LogP contribution in [-0.2, 0) is 22.4 Å². The lowest BCUT2D eigenvalue weighted by atomic mass is 10.0. The maximum Gasteiger partial charge on any atom is 0.310 e. The third-order valence-corrected chi connectivity index (χ3v) is 2.03. The van der Waals surface area contributed by atoms with Crippen LogP contribution in [0.2, 0.25) is 0 Å². The molecule has 0 aliphatic rings. The molecule has 0 aliphatic heterocycles. The van der Waals surface area contributed by atoms with Gasteiger partial charge >= 0.3 is 5.97 Å². The van der Waals surface area contributed by atoms with Gasteiger partial charge in [0.05, 0.1) is 25.5 Å². The van der Waals surface area contributed by atoms with Crippen molar-refractivity contribution in [3.8, 4) is 6.07 Å². The van der Waals surface area contributed by atoms with Gasteiger partial charge in [0.15, 0.2) is 0 Å². The molecule has 1 rings (SSSR count). The molecule has 0 heterocycles. The summed E-state index contributed by atoms with van der Waals surface area (Å²) in [5.74, 6) is -0.247. The molecule has 3 heteroatoms. The summed E-state index contributed by atoms with van der Waals surface area (Å²) in [4.78, 5) is 11.3. The highest BCUT2D eigenvalue weighted by atomic mass is 16.5. The smallest absolute Gasteiger partial charge is 0.310 e. The van der Waals surface area contributed by atoms with Crippen molar-refractivity contribution in [1.29, 1.82) is 5.26 Å². The van der Waals surface area contributed by atoms with Gasteiger partial charge in [-0.15, -0.1) is 0 Å². The van der Waals surface area contributed by atoms with Gasteiger partial charge in [0.25, 0.3) is 0 Å². The Hall–Kier alpha value is -1.82. The zero-order valence-corrected chi connectivity index (χ0v) is 8.69. The molecule has 0 aliphatic carbocycles. The van der Waals surface area contributed by atoms with E-state index in [-0.39, 0.29) is 12.4 Å². The van der Waals surface area contributed by atoms with E-state index in [4.69, 9.17) is 10.00 Å². The Bertz CT molecular complexity index is 379. The van der Waals surface area contributed by atoms with Crippen molar-refractivity contribution < 1.29 is 9.53 Å². The number of rotatable bonds is 4. The number of hydrogen-bond acceptors (Lipinski definition) is 3. The van der Waals surface area contributed by atoms with E-state index < -0.39 is 0 Å². The van der Waals surface area contributed by atoms with E-state index in [0.717, 1.165) is 11.1 Å². The summed E-state index contributed by atoms with van der Waals surface area (Å²) in [6, 6.07) is 9.51. The fourth-order valence-corrected chi connectivity index (χ4v) is 1.36. The molecule has 0 radical (unpaired) electrons. The highest BCUT2D eigenvalue weighted by Crippen LogP contribution is 2.10. The average molecular weight is 203 g/mol. The molecule has 1 aromatic rings. The summed E-state index contributed by atoms with van der Waals surface area (Å²) in [7, 11) is 0. The molecule has 0 fully saturated rings. The van der Waals surface area contributed by atoms with Gasteiger partial charge in [0, 0.05) is 0 Å². The minimum atomic E-state index is -0.247. The number of nitrogens with zero attached hydrogens (tertiary/aromatic N) is 1. The van der Waals surface area contributed by atoms with E-state index in [9.17, 15) is 4.79 Å². The highest BCUT2D eigenvalue weighted by molar-refractivity contribution is 5.73. The van der Waals surface area contributed by atoms with E-state index in [0.29, 0.717) is 13.0 Å². The molecule has 15 heavy (non-hydrogen) atoms. The lowest BCUT2D eigenvalue weighted by Crippen LogP contribution is -2.09. The van der Waals surface area contributed by atoms with Crippen molar-refractivity contribution in [2.45, 2.75) is 19.8 Å². The molecule has 0 amide bonds. The first kappa shape index (κ1) is 11.3. The molecule has 0 unspecified atom stereocenters. The molecular formula is C12H13NO2. The molecule has 78 valence electrons. The standard InChI is InChI=1S/C12H13NO2/c1-2-15-12(14)9-11-6-4-3-5-10(11)7-8-13/h3-6H,2,7,9H2,1H3. The molecule has 0 saturated heterocycles. The number of nitriles is 1. The van der Waals surface area contributed by atoms with Crippen LogP contribution >= 0.6 is 0 Å². The minimum absolute atomic E-state index is 0.242. The second-order valence-corrected chi connectivity index (χ2v) is 3.09. The number of ether oxygens (including phenoxy) is 1. The van der Waals surface area contributed by atoms with E-state index in [1.807, 2.05) is 24.3 Å². The van der Waals surface area contributed by atoms with Crippen LogP contribution in [0.1, 0.15) is 18.1 Å². The van der Waals surface area contributed by atoms with Gasteiger partial charge in [-0.2, -0.15) is 5.26 Å². The average Bonchev–Trinajstić information content (AvgIpc) is 2.21. The Morgan fingerprint density at radius 2 is 2.07 bits per heavy atom.